The lowest BCUT2D eigenvalue weighted by Gasteiger charge is -2.41. The third-order valence-corrected chi connectivity index (χ3v) is 12.7. The average Bonchev–Trinajstić information content (AvgIpc) is 3.43. The van der Waals surface area contributed by atoms with Gasteiger partial charge in [-0.05, 0) is 103 Å². The fourth-order valence-corrected chi connectivity index (χ4v) is 8.10. The molecule has 8 atom stereocenters. The van der Waals surface area contributed by atoms with Crippen molar-refractivity contribution in [3.05, 3.63) is 146 Å². The summed E-state index contributed by atoms with van der Waals surface area (Å²) in [6, 6.07) is -1.08. The number of carbonyl (C=O) groups is 2. The Labute approximate surface area is 466 Å². The number of hydrogen-bond acceptors (Lipinski definition) is 10. The van der Waals surface area contributed by atoms with E-state index >= 15 is 0 Å². The summed E-state index contributed by atoms with van der Waals surface area (Å²) in [5.41, 5.74) is 0. The first kappa shape index (κ1) is 70.6. The molecule has 0 spiro atoms. The number of allylic oxidation sites excluding steroid dienone is 22. The second-order valence-electron chi connectivity index (χ2n) is 19.6. The maximum atomic E-state index is 13.4. The summed E-state index contributed by atoms with van der Waals surface area (Å²) >= 11 is 0. The van der Waals surface area contributed by atoms with Crippen LogP contribution in [0.15, 0.2) is 146 Å². The van der Waals surface area contributed by atoms with E-state index in [9.17, 15) is 35.1 Å². The molecule has 8 unspecified atom stereocenters. The molecular weight excluding hydrogens is 967 g/mol. The second-order valence-corrected chi connectivity index (χ2v) is 19.6. The first-order valence-corrected chi connectivity index (χ1v) is 29.6. The number of nitrogens with one attached hydrogen (secondary N) is 1. The molecule has 77 heavy (non-hydrogen) atoms. The highest BCUT2D eigenvalue weighted by Crippen LogP contribution is 2.26. The molecular formula is C66H105NO10. The molecule has 0 saturated carbocycles. The van der Waals surface area contributed by atoms with Crippen molar-refractivity contribution in [3.8, 4) is 0 Å². The van der Waals surface area contributed by atoms with Crippen LogP contribution in [0.2, 0.25) is 0 Å². The van der Waals surface area contributed by atoms with Crippen LogP contribution < -0.4 is 5.32 Å². The van der Waals surface area contributed by atoms with Gasteiger partial charge in [0.05, 0.1) is 25.4 Å². The van der Waals surface area contributed by atoms with Gasteiger partial charge in [0, 0.05) is 12.8 Å². The van der Waals surface area contributed by atoms with Crippen LogP contribution in [0.5, 0.6) is 0 Å². The zero-order valence-electron chi connectivity index (χ0n) is 47.8. The fourth-order valence-electron chi connectivity index (χ4n) is 8.10. The van der Waals surface area contributed by atoms with Gasteiger partial charge in [-0.2, -0.15) is 0 Å². The molecule has 1 fully saturated rings. The Balaban J connectivity index is 2.78. The van der Waals surface area contributed by atoms with Crippen LogP contribution in [0.3, 0.4) is 0 Å². The van der Waals surface area contributed by atoms with Crippen LogP contribution in [-0.2, 0) is 23.8 Å². The van der Waals surface area contributed by atoms with Gasteiger partial charge in [0.2, 0.25) is 5.91 Å². The van der Waals surface area contributed by atoms with Crippen molar-refractivity contribution >= 4 is 11.9 Å². The number of aliphatic hydroxyl groups is 5. The number of aliphatic hydroxyl groups excluding tert-OH is 5. The predicted octanol–water partition coefficient (Wildman–Crippen LogP) is 13.8. The number of amides is 1. The number of rotatable bonds is 47. The van der Waals surface area contributed by atoms with Gasteiger partial charge in [-0.3, -0.25) is 9.59 Å². The Kier molecular flexibility index (Phi) is 47.9. The summed E-state index contributed by atoms with van der Waals surface area (Å²) in [6.45, 7) is 5.46. The summed E-state index contributed by atoms with van der Waals surface area (Å²) in [4.78, 5) is 26.5. The van der Waals surface area contributed by atoms with Crippen LogP contribution in [0.1, 0.15) is 194 Å². The highest BCUT2D eigenvalue weighted by molar-refractivity contribution is 5.81. The molecule has 1 rings (SSSR count). The predicted molar refractivity (Wildman–Crippen MR) is 319 cm³/mol. The van der Waals surface area contributed by atoms with Crippen molar-refractivity contribution in [3.63, 3.8) is 0 Å². The Morgan fingerprint density at radius 3 is 1.40 bits per heavy atom. The number of hydrogen-bond donors (Lipinski definition) is 6. The van der Waals surface area contributed by atoms with Gasteiger partial charge in [-0.25, -0.2) is 0 Å². The van der Waals surface area contributed by atoms with Crippen LogP contribution in [0, 0.1) is 0 Å². The molecule has 11 nitrogen and oxygen atoms in total. The quantitative estimate of drug-likeness (QED) is 0.0195. The van der Waals surface area contributed by atoms with E-state index in [0.717, 1.165) is 109 Å². The van der Waals surface area contributed by atoms with Gasteiger partial charge in [-0.1, -0.05) is 224 Å². The largest absolute Gasteiger partial charge is 0.454 e. The molecule has 0 aromatic heterocycles. The van der Waals surface area contributed by atoms with Gasteiger partial charge < -0.3 is 45.1 Å². The summed E-state index contributed by atoms with van der Waals surface area (Å²) in [6.07, 6.45) is 64.8. The van der Waals surface area contributed by atoms with Crippen molar-refractivity contribution in [1.82, 2.24) is 5.32 Å². The van der Waals surface area contributed by atoms with Crippen molar-refractivity contribution in [1.29, 1.82) is 0 Å². The number of carbonyl (C=O) groups excluding carboxylic acids is 2. The Morgan fingerprint density at radius 2 is 0.935 bits per heavy atom. The van der Waals surface area contributed by atoms with Crippen LogP contribution in [0.4, 0.5) is 0 Å². The maximum Gasteiger partial charge on any atom is 0.306 e. The molecule has 0 bridgehead atoms. The van der Waals surface area contributed by atoms with E-state index in [-0.39, 0.29) is 19.4 Å². The lowest BCUT2D eigenvalue weighted by atomic mass is 9.99. The normalized spacial score (nSPS) is 20.1. The third-order valence-electron chi connectivity index (χ3n) is 12.7. The van der Waals surface area contributed by atoms with Crippen molar-refractivity contribution in [2.24, 2.45) is 0 Å². The first-order valence-electron chi connectivity index (χ1n) is 29.6. The number of esters is 1. The van der Waals surface area contributed by atoms with Gasteiger partial charge in [0.1, 0.15) is 24.4 Å². The minimum Gasteiger partial charge on any atom is -0.454 e. The third kappa shape index (κ3) is 40.4. The monoisotopic (exact) mass is 1070 g/mol. The van der Waals surface area contributed by atoms with E-state index in [0.29, 0.717) is 12.8 Å². The van der Waals surface area contributed by atoms with E-state index < -0.39 is 67.4 Å². The highest BCUT2D eigenvalue weighted by Gasteiger charge is 2.47. The lowest BCUT2D eigenvalue weighted by molar-refractivity contribution is -0.305. The topological polar surface area (TPSA) is 175 Å². The van der Waals surface area contributed by atoms with Crippen molar-refractivity contribution < 1.29 is 49.3 Å². The Morgan fingerprint density at radius 1 is 0.519 bits per heavy atom. The molecule has 0 aromatic carbocycles. The zero-order chi connectivity index (χ0) is 56.1. The minimum absolute atomic E-state index is 0.0457. The van der Waals surface area contributed by atoms with Gasteiger partial charge in [0.25, 0.3) is 0 Å². The van der Waals surface area contributed by atoms with Crippen molar-refractivity contribution in [2.45, 2.75) is 243 Å². The van der Waals surface area contributed by atoms with E-state index in [1.165, 1.54) is 38.5 Å². The molecule has 0 aliphatic carbocycles. The first-order chi connectivity index (χ1) is 37.7. The van der Waals surface area contributed by atoms with Crippen molar-refractivity contribution in [2.75, 3.05) is 13.2 Å². The molecule has 1 saturated heterocycles. The summed E-state index contributed by atoms with van der Waals surface area (Å²) < 4.78 is 17.5. The Hall–Kier alpha value is -4.46. The molecule has 1 heterocycles. The molecule has 0 radical (unpaired) electrons. The van der Waals surface area contributed by atoms with Gasteiger partial charge >= 0.3 is 5.97 Å². The smallest absolute Gasteiger partial charge is 0.306 e. The average molecular weight is 1070 g/mol. The molecule has 1 aliphatic heterocycles. The fraction of sp³-hybridized carbons (Fsp3) is 0.606. The highest BCUT2D eigenvalue weighted by atomic mass is 16.7. The molecule has 0 aromatic rings. The minimum atomic E-state index is -1.65. The lowest BCUT2D eigenvalue weighted by Crippen LogP contribution is -2.61. The van der Waals surface area contributed by atoms with E-state index in [2.05, 4.69) is 142 Å². The van der Waals surface area contributed by atoms with Crippen LogP contribution >= 0.6 is 0 Å². The summed E-state index contributed by atoms with van der Waals surface area (Å²) in [5, 5.41) is 56.7. The standard InChI is InChI=1S/C66H105NO10/c1-4-7-10-13-16-19-22-24-26-28-30-32-34-36-39-42-45-48-51-54-61(71)77-64-63(73)62(72)60(55-68)76-66(64)75-56-57(58(69)52-49-46-43-40-37-21-18-15-12-9-6-3)67-65(74)59(70)53-50-47-44-41-38-35-33-31-29-27-25-23-20-17-14-11-8-5-2/h7-8,10-11,16-17,19-20,24-27,30-33,36,38-39,41,47,49-50,52,57-60,62-64,66,68-70,72-73H,4-6,9,12-15,18,21-23,28-29,34-35,37,40,42-46,48,51,53-56H2,1-3H3,(H,67,74)/b10-7-,11-8-,19-16-,20-17-,26-24-,27-25-,32-30-,33-31-,39-36-,41-38-,50-47-,52-49+. The summed E-state index contributed by atoms with van der Waals surface area (Å²) in [5.74, 6) is -1.33. The zero-order valence-corrected chi connectivity index (χ0v) is 47.8. The maximum absolute atomic E-state index is 13.4. The molecule has 1 aliphatic rings. The number of ether oxygens (including phenoxy) is 3. The van der Waals surface area contributed by atoms with E-state index in [1.807, 2.05) is 18.2 Å². The van der Waals surface area contributed by atoms with Crippen LogP contribution in [-0.4, -0.2) is 99.6 Å². The molecule has 11 heteroatoms. The van der Waals surface area contributed by atoms with Gasteiger partial charge in [-0.15, -0.1) is 0 Å². The van der Waals surface area contributed by atoms with E-state index in [1.54, 1.807) is 12.2 Å². The molecule has 6 N–H and O–H groups in total. The molecule has 1 amide bonds. The van der Waals surface area contributed by atoms with E-state index in [4.69, 9.17) is 14.2 Å². The SMILES string of the molecule is CC/C=C\C/C=C\C/C=C\C/C=C\C/C=C\C/C=C\CC(O)C(=O)NC(COC1OC(CO)C(O)C(O)C1OC(=O)CCCCC/C=C\C/C=C\C/C=C\C/C=C\C/C=C\CC)C(O)/C=C/CCCCCCCCCCC. The van der Waals surface area contributed by atoms with Gasteiger partial charge in [0.15, 0.2) is 12.4 Å². The number of unbranched alkanes of at least 4 members (excludes halogenated alkanes) is 12. The van der Waals surface area contributed by atoms with Crippen LogP contribution in [0.25, 0.3) is 0 Å². The Bertz CT molecular complexity index is 1800. The summed E-state index contributed by atoms with van der Waals surface area (Å²) in [7, 11) is 0. The molecule has 434 valence electrons. The second kappa shape index (κ2) is 52.3.